The zero-order chi connectivity index (χ0) is 17.3. The molecular formula is C19H25N5O. The molecule has 1 saturated carbocycles. The van der Waals surface area contributed by atoms with Gasteiger partial charge in [-0.05, 0) is 63.2 Å². The SMILES string of the molecule is Cc1ncc(CN2CCC3(CC2)CC(NC(=O)c2cccnc2)C3)[nH]1. The Labute approximate surface area is 148 Å². The van der Waals surface area contributed by atoms with E-state index >= 15 is 0 Å². The van der Waals surface area contributed by atoms with Crippen molar-refractivity contribution in [2.75, 3.05) is 13.1 Å². The van der Waals surface area contributed by atoms with Gasteiger partial charge in [-0.1, -0.05) is 0 Å². The van der Waals surface area contributed by atoms with E-state index in [4.69, 9.17) is 0 Å². The van der Waals surface area contributed by atoms with E-state index in [0.29, 0.717) is 17.0 Å². The Balaban J connectivity index is 1.23. The van der Waals surface area contributed by atoms with Gasteiger partial charge in [-0.15, -0.1) is 0 Å². The summed E-state index contributed by atoms with van der Waals surface area (Å²) in [4.78, 5) is 26.3. The van der Waals surface area contributed by atoms with Crippen LogP contribution < -0.4 is 5.32 Å². The smallest absolute Gasteiger partial charge is 0.253 e. The molecule has 0 bridgehead atoms. The standard InChI is InChI=1S/C19H25N5O/c1-14-21-12-17(22-14)13-24-7-4-19(5-8-24)9-16(10-19)23-18(25)15-3-2-6-20-11-15/h2-3,6,11-12,16H,4-5,7-10,13H2,1H3,(H,21,22)(H,23,25). The van der Waals surface area contributed by atoms with Gasteiger partial charge in [0.1, 0.15) is 5.82 Å². The van der Waals surface area contributed by atoms with Crippen molar-refractivity contribution in [3.63, 3.8) is 0 Å². The van der Waals surface area contributed by atoms with Gasteiger partial charge in [0.05, 0.1) is 5.56 Å². The molecule has 1 amide bonds. The van der Waals surface area contributed by atoms with E-state index in [-0.39, 0.29) is 5.91 Å². The number of carbonyl (C=O) groups is 1. The van der Waals surface area contributed by atoms with Crippen molar-refractivity contribution in [1.29, 1.82) is 0 Å². The highest BCUT2D eigenvalue weighted by molar-refractivity contribution is 5.94. The molecule has 2 N–H and O–H groups in total. The Bertz CT molecular complexity index is 725. The molecule has 6 heteroatoms. The zero-order valence-electron chi connectivity index (χ0n) is 14.7. The van der Waals surface area contributed by atoms with Gasteiger partial charge in [0.25, 0.3) is 5.91 Å². The normalized spacial score (nSPS) is 20.4. The minimum absolute atomic E-state index is 0.000000704. The fourth-order valence-electron chi connectivity index (χ4n) is 4.24. The molecule has 1 aliphatic carbocycles. The molecule has 4 rings (SSSR count). The van der Waals surface area contributed by atoms with E-state index in [2.05, 4.69) is 25.2 Å². The lowest BCUT2D eigenvalue weighted by Crippen LogP contribution is -2.54. The molecule has 0 aromatic carbocycles. The van der Waals surface area contributed by atoms with E-state index in [1.54, 1.807) is 18.5 Å². The highest BCUT2D eigenvalue weighted by Gasteiger charge is 2.46. The average Bonchev–Trinajstić information content (AvgIpc) is 3.01. The Morgan fingerprint density at radius 3 is 2.80 bits per heavy atom. The Kier molecular flexibility index (Phi) is 4.29. The number of amides is 1. The predicted octanol–water partition coefficient (Wildman–Crippen LogP) is 2.29. The largest absolute Gasteiger partial charge is 0.349 e. The number of aryl methyl sites for hydroxylation is 1. The monoisotopic (exact) mass is 339 g/mol. The average molecular weight is 339 g/mol. The zero-order valence-corrected chi connectivity index (χ0v) is 14.7. The number of aromatic nitrogens is 3. The molecule has 3 heterocycles. The number of nitrogens with zero attached hydrogens (tertiary/aromatic N) is 3. The summed E-state index contributed by atoms with van der Waals surface area (Å²) in [5.41, 5.74) is 2.28. The molecule has 6 nitrogen and oxygen atoms in total. The summed E-state index contributed by atoms with van der Waals surface area (Å²) in [5.74, 6) is 0.981. The van der Waals surface area contributed by atoms with Crippen LogP contribution in [0.1, 0.15) is 47.6 Å². The number of aromatic amines is 1. The van der Waals surface area contributed by atoms with Crippen molar-refractivity contribution in [1.82, 2.24) is 25.2 Å². The van der Waals surface area contributed by atoms with Gasteiger partial charge < -0.3 is 10.3 Å². The van der Waals surface area contributed by atoms with Crippen molar-refractivity contribution in [2.24, 2.45) is 5.41 Å². The number of rotatable bonds is 4. The van der Waals surface area contributed by atoms with Crippen molar-refractivity contribution in [2.45, 2.75) is 45.2 Å². The number of carbonyl (C=O) groups excluding carboxylic acids is 1. The number of H-pyrrole nitrogens is 1. The molecule has 2 aromatic heterocycles. The fraction of sp³-hybridized carbons (Fsp3) is 0.526. The molecule has 2 aromatic rings. The van der Waals surface area contributed by atoms with Crippen LogP contribution in [0, 0.1) is 12.3 Å². The lowest BCUT2D eigenvalue weighted by molar-refractivity contribution is 0.00438. The van der Waals surface area contributed by atoms with E-state index in [1.165, 1.54) is 18.5 Å². The Morgan fingerprint density at radius 1 is 1.36 bits per heavy atom. The minimum atomic E-state index is 0.000000704. The maximum absolute atomic E-state index is 12.2. The number of likely N-dealkylation sites (tertiary alicyclic amines) is 1. The van der Waals surface area contributed by atoms with Crippen LogP contribution in [-0.2, 0) is 6.54 Å². The summed E-state index contributed by atoms with van der Waals surface area (Å²) in [6, 6.07) is 3.93. The second kappa shape index (κ2) is 6.59. The molecule has 0 radical (unpaired) electrons. The summed E-state index contributed by atoms with van der Waals surface area (Å²) >= 11 is 0. The van der Waals surface area contributed by atoms with E-state index < -0.39 is 0 Å². The fourth-order valence-corrected chi connectivity index (χ4v) is 4.24. The maximum Gasteiger partial charge on any atom is 0.253 e. The molecule has 1 spiro atoms. The van der Waals surface area contributed by atoms with Crippen LogP contribution >= 0.6 is 0 Å². The molecule has 2 fully saturated rings. The summed E-state index contributed by atoms with van der Waals surface area (Å²) in [5, 5.41) is 3.15. The van der Waals surface area contributed by atoms with E-state index in [1.807, 2.05) is 19.2 Å². The summed E-state index contributed by atoms with van der Waals surface area (Å²) in [7, 11) is 0. The van der Waals surface area contributed by atoms with Gasteiger partial charge >= 0.3 is 0 Å². The number of hydrogen-bond acceptors (Lipinski definition) is 4. The first-order chi connectivity index (χ1) is 12.1. The highest BCUT2D eigenvalue weighted by atomic mass is 16.1. The van der Waals surface area contributed by atoms with Crippen LogP contribution in [0.15, 0.2) is 30.7 Å². The number of hydrogen-bond donors (Lipinski definition) is 2. The molecule has 1 saturated heterocycles. The van der Waals surface area contributed by atoms with Crippen LogP contribution in [0.2, 0.25) is 0 Å². The van der Waals surface area contributed by atoms with Crippen molar-refractivity contribution in [3.05, 3.63) is 47.8 Å². The molecule has 0 atom stereocenters. The van der Waals surface area contributed by atoms with Gasteiger partial charge in [0.2, 0.25) is 0 Å². The van der Waals surface area contributed by atoms with E-state index in [9.17, 15) is 4.79 Å². The van der Waals surface area contributed by atoms with Crippen molar-refractivity contribution < 1.29 is 4.79 Å². The minimum Gasteiger partial charge on any atom is -0.349 e. The first-order valence-corrected chi connectivity index (χ1v) is 9.06. The lowest BCUT2D eigenvalue weighted by atomic mass is 9.60. The molecule has 25 heavy (non-hydrogen) atoms. The Morgan fingerprint density at radius 2 is 2.16 bits per heavy atom. The predicted molar refractivity (Wildman–Crippen MR) is 95.0 cm³/mol. The van der Waals surface area contributed by atoms with Crippen LogP contribution in [-0.4, -0.2) is 44.9 Å². The molecular weight excluding hydrogens is 314 g/mol. The van der Waals surface area contributed by atoms with Crippen LogP contribution in [0.25, 0.3) is 0 Å². The third kappa shape index (κ3) is 3.58. The lowest BCUT2D eigenvalue weighted by Gasteiger charge is -2.52. The van der Waals surface area contributed by atoms with Crippen molar-refractivity contribution >= 4 is 5.91 Å². The molecule has 0 unspecified atom stereocenters. The third-order valence-corrected chi connectivity index (χ3v) is 5.68. The molecule has 2 aliphatic rings. The number of nitrogens with one attached hydrogen (secondary N) is 2. The van der Waals surface area contributed by atoms with Gasteiger partial charge in [0.15, 0.2) is 0 Å². The summed E-state index contributed by atoms with van der Waals surface area (Å²) in [6.45, 7) is 5.20. The van der Waals surface area contributed by atoms with Crippen molar-refractivity contribution in [3.8, 4) is 0 Å². The summed E-state index contributed by atoms with van der Waals surface area (Å²) < 4.78 is 0. The highest BCUT2D eigenvalue weighted by Crippen LogP contribution is 2.49. The van der Waals surface area contributed by atoms with Crippen LogP contribution in [0.5, 0.6) is 0 Å². The molecule has 1 aliphatic heterocycles. The number of pyridine rings is 1. The quantitative estimate of drug-likeness (QED) is 0.896. The molecule has 132 valence electrons. The van der Waals surface area contributed by atoms with Crippen LogP contribution in [0.4, 0.5) is 0 Å². The third-order valence-electron chi connectivity index (χ3n) is 5.68. The topological polar surface area (TPSA) is 73.9 Å². The Hall–Kier alpha value is -2.21. The van der Waals surface area contributed by atoms with E-state index in [0.717, 1.165) is 38.3 Å². The maximum atomic E-state index is 12.2. The second-order valence-corrected chi connectivity index (χ2v) is 7.59. The first-order valence-electron chi connectivity index (χ1n) is 9.06. The second-order valence-electron chi connectivity index (χ2n) is 7.59. The van der Waals surface area contributed by atoms with Crippen LogP contribution in [0.3, 0.4) is 0 Å². The number of piperidine rings is 1. The van der Waals surface area contributed by atoms with Gasteiger partial charge in [-0.3, -0.25) is 14.7 Å². The summed E-state index contributed by atoms with van der Waals surface area (Å²) in [6.07, 6.45) is 9.91. The van der Waals surface area contributed by atoms with Gasteiger partial charge in [-0.2, -0.15) is 0 Å². The van der Waals surface area contributed by atoms with Gasteiger partial charge in [-0.25, -0.2) is 4.98 Å². The first kappa shape index (κ1) is 16.3. The number of imidazole rings is 1. The van der Waals surface area contributed by atoms with Gasteiger partial charge in [0, 0.05) is 36.9 Å².